The van der Waals surface area contributed by atoms with Gasteiger partial charge in [-0.15, -0.1) is 24.8 Å². The topological polar surface area (TPSA) is 64.6 Å². The Balaban J connectivity index is 0.00000220. The van der Waals surface area contributed by atoms with E-state index in [4.69, 9.17) is 0 Å². The van der Waals surface area contributed by atoms with Gasteiger partial charge in [-0.1, -0.05) is 30.3 Å². The van der Waals surface area contributed by atoms with Crippen molar-refractivity contribution in [2.24, 2.45) is 5.92 Å². The molecule has 0 radical (unpaired) electrons. The number of rotatable bonds is 6. The quantitative estimate of drug-likeness (QED) is 0.705. The summed E-state index contributed by atoms with van der Waals surface area (Å²) in [7, 11) is 1.93. The summed E-state index contributed by atoms with van der Waals surface area (Å²) in [6.45, 7) is 3.04. The second kappa shape index (κ2) is 10.8. The van der Waals surface area contributed by atoms with Crippen LogP contribution in [0.25, 0.3) is 0 Å². The summed E-state index contributed by atoms with van der Waals surface area (Å²) in [5, 5.41) is 15.7. The van der Waals surface area contributed by atoms with Gasteiger partial charge in [0, 0.05) is 32.1 Å². The SMILES string of the molecule is CN(CC(=O)NCC1CNCC1O)Cc1ccccc1.Cl.Cl. The Kier molecular flexibility index (Phi) is 10.4. The zero-order valence-corrected chi connectivity index (χ0v) is 14.3. The van der Waals surface area contributed by atoms with Gasteiger partial charge < -0.3 is 15.7 Å². The number of hydrogen-bond donors (Lipinski definition) is 3. The van der Waals surface area contributed by atoms with E-state index in [-0.39, 0.29) is 42.7 Å². The summed E-state index contributed by atoms with van der Waals surface area (Å²) in [6.07, 6.45) is -0.350. The maximum absolute atomic E-state index is 11.9. The number of β-amino-alcohol motifs (C(OH)–C–C–N with tert-alkyl or cyclic N) is 1. The molecule has 1 aliphatic rings. The minimum atomic E-state index is -0.350. The van der Waals surface area contributed by atoms with Crippen molar-refractivity contribution in [1.29, 1.82) is 0 Å². The van der Waals surface area contributed by atoms with Crippen LogP contribution in [0.5, 0.6) is 0 Å². The van der Waals surface area contributed by atoms with Crippen molar-refractivity contribution in [2.45, 2.75) is 12.6 Å². The average Bonchev–Trinajstić information content (AvgIpc) is 2.83. The first kappa shape index (κ1) is 21.1. The monoisotopic (exact) mass is 349 g/mol. The van der Waals surface area contributed by atoms with E-state index in [9.17, 15) is 9.90 Å². The lowest BCUT2D eigenvalue weighted by atomic mass is 10.1. The lowest BCUT2D eigenvalue weighted by Gasteiger charge is -2.18. The van der Waals surface area contributed by atoms with Crippen LogP contribution in [0, 0.1) is 5.92 Å². The molecule has 0 bridgehead atoms. The second-order valence-electron chi connectivity index (χ2n) is 5.45. The van der Waals surface area contributed by atoms with Crippen LogP contribution in [0.2, 0.25) is 0 Å². The van der Waals surface area contributed by atoms with Crippen molar-refractivity contribution in [2.75, 3.05) is 33.2 Å². The van der Waals surface area contributed by atoms with Crippen molar-refractivity contribution >= 4 is 30.7 Å². The average molecular weight is 350 g/mol. The number of likely N-dealkylation sites (N-methyl/N-ethyl adjacent to an activating group) is 1. The molecule has 0 aliphatic carbocycles. The Bertz CT molecular complexity index is 434. The molecule has 2 rings (SSSR count). The number of carbonyl (C=O) groups excluding carboxylic acids is 1. The fraction of sp³-hybridized carbons (Fsp3) is 0.533. The number of nitrogens with zero attached hydrogens (tertiary/aromatic N) is 1. The lowest BCUT2D eigenvalue weighted by molar-refractivity contribution is -0.122. The van der Waals surface area contributed by atoms with Crippen molar-refractivity contribution in [3.63, 3.8) is 0 Å². The largest absolute Gasteiger partial charge is 0.391 e. The van der Waals surface area contributed by atoms with Gasteiger partial charge in [-0.25, -0.2) is 0 Å². The first-order chi connectivity index (χ1) is 9.65. The summed E-state index contributed by atoms with van der Waals surface area (Å²) >= 11 is 0. The van der Waals surface area contributed by atoms with E-state index >= 15 is 0 Å². The Morgan fingerprint density at radius 2 is 2.00 bits per heavy atom. The highest BCUT2D eigenvalue weighted by Gasteiger charge is 2.25. The summed E-state index contributed by atoms with van der Waals surface area (Å²) in [6, 6.07) is 10.1. The predicted molar refractivity (Wildman–Crippen MR) is 92.6 cm³/mol. The van der Waals surface area contributed by atoms with Crippen LogP contribution < -0.4 is 10.6 Å². The van der Waals surface area contributed by atoms with Gasteiger partial charge in [0.15, 0.2) is 0 Å². The zero-order chi connectivity index (χ0) is 14.4. The summed E-state index contributed by atoms with van der Waals surface area (Å²) in [5.41, 5.74) is 1.19. The van der Waals surface area contributed by atoms with Crippen LogP contribution in [0.1, 0.15) is 5.56 Å². The van der Waals surface area contributed by atoms with Gasteiger partial charge in [0.25, 0.3) is 0 Å². The highest BCUT2D eigenvalue weighted by Crippen LogP contribution is 2.07. The molecule has 1 fully saturated rings. The third-order valence-corrected chi connectivity index (χ3v) is 3.57. The van der Waals surface area contributed by atoms with Crippen LogP contribution >= 0.6 is 24.8 Å². The van der Waals surface area contributed by atoms with Crippen molar-refractivity contribution in [1.82, 2.24) is 15.5 Å². The Morgan fingerprint density at radius 1 is 1.32 bits per heavy atom. The van der Waals surface area contributed by atoms with Crippen molar-refractivity contribution in [3.8, 4) is 0 Å². The second-order valence-corrected chi connectivity index (χ2v) is 5.45. The molecule has 1 saturated heterocycles. The van der Waals surface area contributed by atoms with Crippen LogP contribution in [0.15, 0.2) is 30.3 Å². The highest BCUT2D eigenvalue weighted by molar-refractivity contribution is 5.85. The third kappa shape index (κ3) is 6.94. The molecule has 2 atom stereocenters. The molecule has 7 heteroatoms. The molecule has 1 heterocycles. The minimum absolute atomic E-state index is 0. The molecule has 3 N–H and O–H groups in total. The van der Waals surface area contributed by atoms with Crippen molar-refractivity contribution < 1.29 is 9.90 Å². The van der Waals surface area contributed by atoms with Crippen molar-refractivity contribution in [3.05, 3.63) is 35.9 Å². The standard InChI is InChI=1S/C15H23N3O2.2ClH/c1-18(10-12-5-3-2-4-6-12)11-15(20)17-8-13-7-16-9-14(13)19;;/h2-6,13-14,16,19H,7-11H2,1H3,(H,17,20);2*1H. The first-order valence-electron chi connectivity index (χ1n) is 7.03. The Labute approximate surface area is 144 Å². The molecule has 0 aromatic heterocycles. The molecule has 1 aliphatic heterocycles. The van der Waals surface area contributed by atoms with Gasteiger partial charge in [0.2, 0.25) is 5.91 Å². The predicted octanol–water partition coefficient (Wildman–Crippen LogP) is 0.659. The Morgan fingerprint density at radius 3 is 2.59 bits per heavy atom. The summed E-state index contributed by atoms with van der Waals surface area (Å²) in [4.78, 5) is 13.8. The van der Waals surface area contributed by atoms with Gasteiger partial charge in [-0.05, 0) is 12.6 Å². The smallest absolute Gasteiger partial charge is 0.234 e. The van der Waals surface area contributed by atoms with Crippen LogP contribution in [0.4, 0.5) is 0 Å². The van der Waals surface area contributed by atoms with E-state index in [0.717, 1.165) is 13.1 Å². The van der Waals surface area contributed by atoms with Gasteiger partial charge in [0.05, 0.1) is 12.6 Å². The van der Waals surface area contributed by atoms with Crippen LogP contribution in [-0.2, 0) is 11.3 Å². The first-order valence-corrected chi connectivity index (χ1v) is 7.03. The molecule has 22 heavy (non-hydrogen) atoms. The highest BCUT2D eigenvalue weighted by atomic mass is 35.5. The van der Waals surface area contributed by atoms with E-state index < -0.39 is 0 Å². The van der Waals surface area contributed by atoms with Crippen LogP contribution in [0.3, 0.4) is 0 Å². The van der Waals surface area contributed by atoms with Gasteiger partial charge in [0.1, 0.15) is 0 Å². The maximum Gasteiger partial charge on any atom is 0.234 e. The Hall–Kier alpha value is -0.850. The van der Waals surface area contributed by atoms with Gasteiger partial charge in [-0.2, -0.15) is 0 Å². The molecular formula is C15H25Cl2N3O2. The molecule has 0 saturated carbocycles. The number of amides is 1. The zero-order valence-electron chi connectivity index (χ0n) is 12.7. The number of aliphatic hydroxyl groups is 1. The number of halogens is 2. The summed E-state index contributed by atoms with van der Waals surface area (Å²) in [5.74, 6) is 0.126. The molecule has 126 valence electrons. The van der Waals surface area contributed by atoms with E-state index in [1.165, 1.54) is 5.56 Å². The molecule has 2 unspecified atom stereocenters. The molecule has 5 nitrogen and oxygen atoms in total. The lowest BCUT2D eigenvalue weighted by Crippen LogP contribution is -2.39. The van der Waals surface area contributed by atoms with Gasteiger partial charge >= 0.3 is 0 Å². The number of hydrogen-bond acceptors (Lipinski definition) is 4. The molecular weight excluding hydrogens is 325 g/mol. The minimum Gasteiger partial charge on any atom is -0.391 e. The third-order valence-electron chi connectivity index (χ3n) is 3.57. The maximum atomic E-state index is 11.9. The fourth-order valence-electron chi connectivity index (χ4n) is 2.42. The normalized spacial score (nSPS) is 20.1. The van der Waals surface area contributed by atoms with E-state index in [1.807, 2.05) is 30.1 Å². The number of aliphatic hydroxyl groups excluding tert-OH is 1. The number of benzene rings is 1. The van der Waals surface area contributed by atoms with Crippen LogP contribution in [-0.4, -0.2) is 55.2 Å². The number of carbonyl (C=O) groups is 1. The molecule has 0 spiro atoms. The van der Waals surface area contributed by atoms with E-state index in [1.54, 1.807) is 0 Å². The molecule has 1 aromatic rings. The molecule has 1 amide bonds. The van der Waals surface area contributed by atoms with E-state index in [2.05, 4.69) is 22.8 Å². The molecule has 1 aromatic carbocycles. The number of nitrogens with one attached hydrogen (secondary N) is 2. The van der Waals surface area contributed by atoms with Gasteiger partial charge in [-0.3, -0.25) is 9.69 Å². The van der Waals surface area contributed by atoms with E-state index in [0.29, 0.717) is 19.6 Å². The summed E-state index contributed by atoms with van der Waals surface area (Å²) < 4.78 is 0. The fourth-order valence-corrected chi connectivity index (χ4v) is 2.42.